The molecule has 114 valence electrons. The Morgan fingerprint density at radius 3 is 2.20 bits per heavy atom. The highest BCUT2D eigenvalue weighted by Gasteiger charge is 2.05. The molecule has 0 bridgehead atoms. The fraction of sp³-hybridized carbons (Fsp3) is 0.769. The van der Waals surface area contributed by atoms with E-state index in [1.165, 1.54) is 7.11 Å². The first kappa shape index (κ1) is 16.4. The normalized spacial score (nSPS) is 10.3. The molecule has 0 spiro atoms. The van der Waals surface area contributed by atoms with Crippen molar-refractivity contribution < 1.29 is 9.47 Å². The Hall–Kier alpha value is -1.63. The van der Waals surface area contributed by atoms with Crippen molar-refractivity contribution >= 4 is 11.9 Å². The summed E-state index contributed by atoms with van der Waals surface area (Å²) in [6, 6.07) is 0.299. The number of nitrogens with zero attached hydrogens (tertiary/aromatic N) is 3. The van der Waals surface area contributed by atoms with Crippen LogP contribution in [0.2, 0.25) is 0 Å². The lowest BCUT2D eigenvalue weighted by molar-refractivity contribution is 0.141. The van der Waals surface area contributed by atoms with Crippen LogP contribution >= 0.6 is 0 Å². The second kappa shape index (κ2) is 10.2. The Morgan fingerprint density at radius 1 is 0.900 bits per heavy atom. The zero-order valence-corrected chi connectivity index (χ0v) is 12.6. The summed E-state index contributed by atoms with van der Waals surface area (Å²) >= 11 is 0. The van der Waals surface area contributed by atoms with Crippen LogP contribution in [0.3, 0.4) is 0 Å². The molecule has 0 aliphatic carbocycles. The molecule has 1 rings (SSSR count). The van der Waals surface area contributed by atoms with E-state index >= 15 is 0 Å². The van der Waals surface area contributed by atoms with E-state index in [4.69, 9.17) is 9.47 Å². The lowest BCUT2D eigenvalue weighted by Crippen LogP contribution is -2.14. The summed E-state index contributed by atoms with van der Waals surface area (Å²) in [6.45, 7) is 7.12. The van der Waals surface area contributed by atoms with Gasteiger partial charge in [-0.1, -0.05) is 20.3 Å². The highest BCUT2D eigenvalue weighted by molar-refractivity contribution is 5.35. The number of ether oxygens (including phenoxy) is 2. The lowest BCUT2D eigenvalue weighted by atomic mass is 10.4. The van der Waals surface area contributed by atoms with Crippen molar-refractivity contribution in [2.75, 3.05) is 44.0 Å². The monoisotopic (exact) mass is 283 g/mol. The van der Waals surface area contributed by atoms with E-state index in [1.54, 1.807) is 0 Å². The van der Waals surface area contributed by atoms with Gasteiger partial charge in [-0.3, -0.25) is 0 Å². The summed E-state index contributed by atoms with van der Waals surface area (Å²) in [6.07, 6.45) is 3.23. The third kappa shape index (κ3) is 6.51. The van der Waals surface area contributed by atoms with Crippen molar-refractivity contribution in [2.45, 2.75) is 33.1 Å². The first-order chi connectivity index (χ1) is 9.80. The number of rotatable bonds is 11. The number of unbranched alkanes of at least 4 members (excludes halogenated alkanes) is 1. The van der Waals surface area contributed by atoms with Gasteiger partial charge in [0.05, 0.1) is 13.7 Å². The largest absolute Gasteiger partial charge is 0.467 e. The first-order valence-electron chi connectivity index (χ1n) is 7.15. The molecule has 7 heteroatoms. The van der Waals surface area contributed by atoms with Gasteiger partial charge in [0.25, 0.3) is 0 Å². The molecule has 0 radical (unpaired) electrons. The minimum atomic E-state index is 0.299. The average Bonchev–Trinajstić information content (AvgIpc) is 2.48. The number of hydrogen-bond acceptors (Lipinski definition) is 7. The van der Waals surface area contributed by atoms with Crippen LogP contribution in [0.5, 0.6) is 6.01 Å². The Labute approximate surface area is 120 Å². The highest BCUT2D eigenvalue weighted by Crippen LogP contribution is 2.10. The Morgan fingerprint density at radius 2 is 1.60 bits per heavy atom. The van der Waals surface area contributed by atoms with Gasteiger partial charge in [-0.15, -0.1) is 0 Å². The molecule has 7 nitrogen and oxygen atoms in total. The quantitative estimate of drug-likeness (QED) is 0.600. The molecular formula is C13H25N5O2. The SMILES string of the molecule is CCCCOCCNc1nc(NCCC)nc(OC)n1. The van der Waals surface area contributed by atoms with E-state index in [2.05, 4.69) is 39.4 Å². The third-order valence-corrected chi connectivity index (χ3v) is 2.50. The van der Waals surface area contributed by atoms with E-state index in [0.29, 0.717) is 31.1 Å². The molecule has 0 atom stereocenters. The zero-order chi connectivity index (χ0) is 14.6. The predicted octanol–water partition coefficient (Wildman–Crippen LogP) is 1.93. The van der Waals surface area contributed by atoms with E-state index < -0.39 is 0 Å². The van der Waals surface area contributed by atoms with Gasteiger partial charge in [0.15, 0.2) is 0 Å². The standard InChI is InChI=1S/C13H25N5O2/c1-4-6-9-20-10-8-15-12-16-11(14-7-5-2)17-13(18-12)19-3/h4-10H2,1-3H3,(H2,14,15,16,17,18). The third-order valence-electron chi connectivity index (χ3n) is 2.50. The number of hydrogen-bond donors (Lipinski definition) is 2. The van der Waals surface area contributed by atoms with Gasteiger partial charge in [-0.2, -0.15) is 15.0 Å². The molecule has 0 aliphatic rings. The average molecular weight is 283 g/mol. The van der Waals surface area contributed by atoms with Crippen LogP contribution in [-0.2, 0) is 4.74 Å². The first-order valence-corrected chi connectivity index (χ1v) is 7.15. The van der Waals surface area contributed by atoms with E-state index in [9.17, 15) is 0 Å². The summed E-state index contributed by atoms with van der Waals surface area (Å²) in [5.41, 5.74) is 0. The molecule has 0 fully saturated rings. The van der Waals surface area contributed by atoms with E-state index in [-0.39, 0.29) is 0 Å². The molecule has 0 amide bonds. The van der Waals surface area contributed by atoms with Crippen molar-refractivity contribution in [2.24, 2.45) is 0 Å². The van der Waals surface area contributed by atoms with Gasteiger partial charge in [-0.25, -0.2) is 0 Å². The van der Waals surface area contributed by atoms with Crippen LogP contribution in [0.4, 0.5) is 11.9 Å². The van der Waals surface area contributed by atoms with Crippen molar-refractivity contribution in [3.05, 3.63) is 0 Å². The van der Waals surface area contributed by atoms with Crippen molar-refractivity contribution in [1.29, 1.82) is 0 Å². The summed E-state index contributed by atoms with van der Waals surface area (Å²) in [5, 5.41) is 6.22. The topological polar surface area (TPSA) is 81.2 Å². The second-order valence-electron chi connectivity index (χ2n) is 4.29. The van der Waals surface area contributed by atoms with Crippen LogP contribution in [-0.4, -0.2) is 48.4 Å². The fourth-order valence-electron chi connectivity index (χ4n) is 1.43. The van der Waals surface area contributed by atoms with Gasteiger partial charge in [0, 0.05) is 19.7 Å². The zero-order valence-electron chi connectivity index (χ0n) is 12.6. The molecule has 0 unspecified atom stereocenters. The van der Waals surface area contributed by atoms with Gasteiger partial charge >= 0.3 is 6.01 Å². The minimum absolute atomic E-state index is 0.299. The van der Waals surface area contributed by atoms with Gasteiger partial charge in [-0.05, 0) is 12.8 Å². The Bertz CT molecular complexity index is 376. The van der Waals surface area contributed by atoms with Gasteiger partial charge in [0.1, 0.15) is 0 Å². The summed E-state index contributed by atoms with van der Waals surface area (Å²) in [4.78, 5) is 12.5. The molecule has 20 heavy (non-hydrogen) atoms. The molecule has 2 N–H and O–H groups in total. The molecule has 1 aromatic heterocycles. The van der Waals surface area contributed by atoms with Crippen LogP contribution in [0, 0.1) is 0 Å². The summed E-state index contributed by atoms with van der Waals surface area (Å²) < 4.78 is 10.5. The van der Waals surface area contributed by atoms with Crippen molar-refractivity contribution in [3.8, 4) is 6.01 Å². The molecule has 0 saturated carbocycles. The smallest absolute Gasteiger partial charge is 0.322 e. The fourth-order valence-corrected chi connectivity index (χ4v) is 1.43. The number of anilines is 2. The molecule has 0 aliphatic heterocycles. The molecular weight excluding hydrogens is 258 g/mol. The molecule has 1 aromatic rings. The summed E-state index contributed by atoms with van der Waals surface area (Å²) in [7, 11) is 1.54. The number of methoxy groups -OCH3 is 1. The Kier molecular flexibility index (Phi) is 8.37. The minimum Gasteiger partial charge on any atom is -0.467 e. The maximum absolute atomic E-state index is 5.47. The maximum Gasteiger partial charge on any atom is 0.322 e. The van der Waals surface area contributed by atoms with Crippen molar-refractivity contribution in [1.82, 2.24) is 15.0 Å². The molecule has 0 aromatic carbocycles. The highest BCUT2D eigenvalue weighted by atomic mass is 16.5. The van der Waals surface area contributed by atoms with Crippen molar-refractivity contribution in [3.63, 3.8) is 0 Å². The Balaban J connectivity index is 2.42. The van der Waals surface area contributed by atoms with Gasteiger partial charge < -0.3 is 20.1 Å². The van der Waals surface area contributed by atoms with Crippen LogP contribution in [0.15, 0.2) is 0 Å². The van der Waals surface area contributed by atoms with E-state index in [0.717, 1.165) is 32.4 Å². The molecule has 0 saturated heterocycles. The predicted molar refractivity (Wildman–Crippen MR) is 79.4 cm³/mol. The van der Waals surface area contributed by atoms with E-state index in [1.807, 2.05) is 0 Å². The maximum atomic E-state index is 5.47. The number of aromatic nitrogens is 3. The summed E-state index contributed by atoms with van der Waals surface area (Å²) in [5.74, 6) is 1.02. The number of nitrogens with one attached hydrogen (secondary N) is 2. The second-order valence-corrected chi connectivity index (χ2v) is 4.29. The van der Waals surface area contributed by atoms with Crippen LogP contribution in [0.25, 0.3) is 0 Å². The lowest BCUT2D eigenvalue weighted by Gasteiger charge is -2.09. The van der Waals surface area contributed by atoms with Crippen LogP contribution in [0.1, 0.15) is 33.1 Å². The van der Waals surface area contributed by atoms with Crippen LogP contribution < -0.4 is 15.4 Å². The molecule has 1 heterocycles. The van der Waals surface area contributed by atoms with Gasteiger partial charge in [0.2, 0.25) is 11.9 Å².